The van der Waals surface area contributed by atoms with E-state index >= 15 is 0 Å². The van der Waals surface area contributed by atoms with E-state index in [1.807, 2.05) is 0 Å². The van der Waals surface area contributed by atoms with Gasteiger partial charge in [-0.1, -0.05) is 0 Å². The van der Waals surface area contributed by atoms with E-state index in [9.17, 15) is 0 Å². The maximum atomic E-state index is 5.97. The normalized spacial score (nSPS) is 39.6. The van der Waals surface area contributed by atoms with Crippen LogP contribution in [0.3, 0.4) is 0 Å². The molecular weight excluding hydrogens is 200 g/mol. The molecule has 2 saturated heterocycles. The number of hydrogen-bond donors (Lipinski definition) is 1. The molecular formula is C13H24N2O. The highest BCUT2D eigenvalue weighted by atomic mass is 16.5. The van der Waals surface area contributed by atoms with Crippen molar-refractivity contribution in [2.24, 2.45) is 11.1 Å². The van der Waals surface area contributed by atoms with Crippen molar-refractivity contribution < 1.29 is 4.74 Å². The van der Waals surface area contributed by atoms with Crippen LogP contribution in [0.5, 0.6) is 0 Å². The summed E-state index contributed by atoms with van der Waals surface area (Å²) in [5.41, 5.74) is 6.55. The molecule has 3 rings (SSSR count). The molecule has 0 amide bonds. The minimum Gasteiger partial charge on any atom is -0.380 e. The number of hydrogen-bond acceptors (Lipinski definition) is 3. The molecule has 0 aromatic heterocycles. The molecule has 0 bridgehead atoms. The van der Waals surface area contributed by atoms with E-state index in [2.05, 4.69) is 4.90 Å². The Morgan fingerprint density at radius 3 is 2.12 bits per heavy atom. The SMILES string of the molecule is N[C@H]1CC[C@H](N2CCC3(CC2)COC3)CC1. The number of rotatable bonds is 1. The van der Waals surface area contributed by atoms with Crippen LogP contribution < -0.4 is 5.73 Å². The molecule has 0 atom stereocenters. The van der Waals surface area contributed by atoms with Gasteiger partial charge in [-0.3, -0.25) is 0 Å². The third kappa shape index (κ3) is 2.01. The van der Waals surface area contributed by atoms with E-state index < -0.39 is 0 Å². The van der Waals surface area contributed by atoms with Crippen molar-refractivity contribution in [2.75, 3.05) is 26.3 Å². The van der Waals surface area contributed by atoms with Gasteiger partial charge in [0, 0.05) is 17.5 Å². The first-order chi connectivity index (χ1) is 7.77. The molecule has 0 unspecified atom stereocenters. The molecule has 92 valence electrons. The van der Waals surface area contributed by atoms with Gasteiger partial charge in [0.2, 0.25) is 0 Å². The molecule has 2 aliphatic heterocycles. The first kappa shape index (κ1) is 11.0. The van der Waals surface area contributed by atoms with Crippen molar-refractivity contribution in [3.63, 3.8) is 0 Å². The summed E-state index contributed by atoms with van der Waals surface area (Å²) >= 11 is 0. The second-order valence-corrected chi connectivity index (χ2v) is 6.10. The van der Waals surface area contributed by atoms with Gasteiger partial charge < -0.3 is 15.4 Å². The van der Waals surface area contributed by atoms with Gasteiger partial charge in [0.25, 0.3) is 0 Å². The molecule has 3 nitrogen and oxygen atoms in total. The van der Waals surface area contributed by atoms with Crippen molar-refractivity contribution >= 4 is 0 Å². The monoisotopic (exact) mass is 224 g/mol. The third-order valence-corrected chi connectivity index (χ3v) is 4.93. The van der Waals surface area contributed by atoms with E-state index in [1.165, 1.54) is 51.6 Å². The molecule has 2 heterocycles. The van der Waals surface area contributed by atoms with Crippen molar-refractivity contribution in [2.45, 2.75) is 50.6 Å². The summed E-state index contributed by atoms with van der Waals surface area (Å²) in [4.78, 5) is 2.72. The molecule has 16 heavy (non-hydrogen) atoms. The molecule has 0 radical (unpaired) electrons. The molecule has 3 aliphatic rings. The second kappa shape index (κ2) is 4.28. The highest BCUT2D eigenvalue weighted by molar-refractivity contribution is 4.93. The Kier molecular flexibility index (Phi) is 2.94. The van der Waals surface area contributed by atoms with Gasteiger partial charge in [-0.25, -0.2) is 0 Å². The summed E-state index contributed by atoms with van der Waals surface area (Å²) in [5.74, 6) is 0. The van der Waals surface area contributed by atoms with Crippen molar-refractivity contribution in [1.29, 1.82) is 0 Å². The van der Waals surface area contributed by atoms with Gasteiger partial charge in [-0.2, -0.15) is 0 Å². The quantitative estimate of drug-likeness (QED) is 0.731. The van der Waals surface area contributed by atoms with Crippen LogP contribution in [0, 0.1) is 5.41 Å². The van der Waals surface area contributed by atoms with E-state index in [4.69, 9.17) is 10.5 Å². The summed E-state index contributed by atoms with van der Waals surface area (Å²) in [5, 5.41) is 0. The molecule has 1 spiro atoms. The Morgan fingerprint density at radius 1 is 1.00 bits per heavy atom. The fourth-order valence-corrected chi connectivity index (χ4v) is 3.51. The Bertz CT molecular complexity index is 234. The average molecular weight is 224 g/mol. The minimum absolute atomic E-state index is 0.479. The number of likely N-dealkylation sites (tertiary alicyclic amines) is 1. The molecule has 1 aliphatic carbocycles. The highest BCUT2D eigenvalue weighted by Crippen LogP contribution is 2.39. The number of nitrogens with zero attached hydrogens (tertiary/aromatic N) is 1. The molecule has 1 saturated carbocycles. The first-order valence-corrected chi connectivity index (χ1v) is 6.85. The van der Waals surface area contributed by atoms with Crippen LogP contribution in [0.25, 0.3) is 0 Å². The van der Waals surface area contributed by atoms with Crippen LogP contribution in [0.4, 0.5) is 0 Å². The lowest BCUT2D eigenvalue weighted by atomic mass is 9.76. The molecule has 3 fully saturated rings. The largest absolute Gasteiger partial charge is 0.380 e. The van der Waals surface area contributed by atoms with Crippen LogP contribution in [0.2, 0.25) is 0 Å². The van der Waals surface area contributed by atoms with Gasteiger partial charge in [-0.05, 0) is 51.6 Å². The lowest BCUT2D eigenvalue weighted by Gasteiger charge is -2.49. The van der Waals surface area contributed by atoms with Crippen molar-refractivity contribution in [1.82, 2.24) is 4.90 Å². The Balaban J connectivity index is 1.50. The lowest BCUT2D eigenvalue weighted by Crippen LogP contribution is -2.53. The summed E-state index contributed by atoms with van der Waals surface area (Å²) < 4.78 is 5.38. The number of piperidine rings is 1. The summed E-state index contributed by atoms with van der Waals surface area (Å²) in [6, 6.07) is 1.31. The van der Waals surface area contributed by atoms with Gasteiger partial charge >= 0.3 is 0 Å². The standard InChI is InChI=1S/C13H24N2O/c14-11-1-3-12(4-2-11)15-7-5-13(6-8-15)9-16-10-13/h11-12H,1-10,14H2/t11-,12-. The summed E-state index contributed by atoms with van der Waals surface area (Å²) in [6.07, 6.45) is 7.82. The maximum absolute atomic E-state index is 5.97. The zero-order chi connectivity index (χ0) is 11.0. The number of nitrogens with two attached hydrogens (primary N) is 1. The molecule has 0 aromatic rings. The van der Waals surface area contributed by atoms with Crippen molar-refractivity contribution in [3.8, 4) is 0 Å². The van der Waals surface area contributed by atoms with E-state index in [0.717, 1.165) is 19.3 Å². The van der Waals surface area contributed by atoms with E-state index in [0.29, 0.717) is 11.5 Å². The zero-order valence-corrected chi connectivity index (χ0v) is 10.2. The Hall–Kier alpha value is -0.120. The third-order valence-electron chi connectivity index (χ3n) is 4.93. The highest BCUT2D eigenvalue weighted by Gasteiger charge is 2.42. The number of ether oxygens (including phenoxy) is 1. The minimum atomic E-state index is 0.479. The van der Waals surface area contributed by atoms with Gasteiger partial charge in [0.15, 0.2) is 0 Å². The lowest BCUT2D eigenvalue weighted by molar-refractivity contribution is -0.143. The second-order valence-electron chi connectivity index (χ2n) is 6.10. The van der Waals surface area contributed by atoms with Crippen molar-refractivity contribution in [3.05, 3.63) is 0 Å². The fourth-order valence-electron chi connectivity index (χ4n) is 3.51. The van der Waals surface area contributed by atoms with E-state index in [1.54, 1.807) is 0 Å². The first-order valence-electron chi connectivity index (χ1n) is 6.85. The zero-order valence-electron chi connectivity index (χ0n) is 10.2. The maximum Gasteiger partial charge on any atom is 0.0545 e. The topological polar surface area (TPSA) is 38.5 Å². The Morgan fingerprint density at radius 2 is 1.62 bits per heavy atom. The fraction of sp³-hybridized carbons (Fsp3) is 1.00. The Labute approximate surface area is 98.3 Å². The molecule has 0 aromatic carbocycles. The van der Waals surface area contributed by atoms with Gasteiger partial charge in [-0.15, -0.1) is 0 Å². The van der Waals surface area contributed by atoms with Crippen LogP contribution in [-0.2, 0) is 4.74 Å². The van der Waals surface area contributed by atoms with E-state index in [-0.39, 0.29) is 0 Å². The van der Waals surface area contributed by atoms with Gasteiger partial charge in [0.05, 0.1) is 13.2 Å². The predicted molar refractivity (Wildman–Crippen MR) is 64.3 cm³/mol. The van der Waals surface area contributed by atoms with Crippen LogP contribution in [-0.4, -0.2) is 43.3 Å². The summed E-state index contributed by atoms with van der Waals surface area (Å²) in [7, 11) is 0. The van der Waals surface area contributed by atoms with Crippen LogP contribution in [0.15, 0.2) is 0 Å². The molecule has 3 heteroatoms. The predicted octanol–water partition coefficient (Wildman–Crippen LogP) is 1.37. The van der Waals surface area contributed by atoms with Gasteiger partial charge in [0.1, 0.15) is 0 Å². The smallest absolute Gasteiger partial charge is 0.0545 e. The van der Waals surface area contributed by atoms with Crippen LogP contribution >= 0.6 is 0 Å². The molecule has 2 N–H and O–H groups in total. The average Bonchev–Trinajstić information content (AvgIpc) is 2.28. The van der Waals surface area contributed by atoms with Crippen LogP contribution in [0.1, 0.15) is 38.5 Å². The summed E-state index contributed by atoms with van der Waals surface area (Å²) in [6.45, 7) is 4.64.